The molecule has 0 aliphatic carbocycles. The van der Waals surface area contributed by atoms with Crippen LogP contribution in [0.15, 0.2) is 112 Å². The van der Waals surface area contributed by atoms with Crippen molar-refractivity contribution in [3.8, 4) is 0 Å². The molecule has 2 aliphatic heterocycles. The zero-order valence-electron chi connectivity index (χ0n) is 28.9. The van der Waals surface area contributed by atoms with Crippen LogP contribution >= 0.6 is 0 Å². The molecular weight excluding hydrogens is 612 g/mol. The van der Waals surface area contributed by atoms with Gasteiger partial charge in [0.05, 0.1) is 65.1 Å². The molecule has 0 amide bonds. The van der Waals surface area contributed by atoms with Gasteiger partial charge in [0.25, 0.3) is 0 Å². The van der Waals surface area contributed by atoms with Crippen LogP contribution in [0.25, 0.3) is 0 Å². The van der Waals surface area contributed by atoms with Crippen molar-refractivity contribution in [2.24, 2.45) is 34.6 Å². The number of rotatable bonds is 14. The van der Waals surface area contributed by atoms with Crippen molar-refractivity contribution < 1.29 is 13.7 Å². The average Bonchev–Trinajstić information content (AvgIpc) is 3.98. The van der Waals surface area contributed by atoms with E-state index in [0.29, 0.717) is 0 Å². The van der Waals surface area contributed by atoms with Crippen LogP contribution in [0, 0.1) is 0 Å². The van der Waals surface area contributed by atoms with E-state index in [1.807, 2.05) is 35.6 Å². The monoisotopic (exact) mass is 661 g/mol. The van der Waals surface area contributed by atoms with E-state index < -0.39 is 0 Å². The molecule has 7 rings (SSSR count). The normalized spacial score (nSPS) is 15.1. The minimum Gasteiger partial charge on any atom is -0.372 e. The Morgan fingerprint density at radius 3 is 1.55 bits per heavy atom. The third kappa shape index (κ3) is 8.13. The van der Waals surface area contributed by atoms with E-state index in [2.05, 4.69) is 128 Å². The Hall–Kier alpha value is -5.13. The molecule has 2 saturated heterocycles. The van der Waals surface area contributed by atoms with Gasteiger partial charge in [0.1, 0.15) is 23.8 Å². The Morgan fingerprint density at radius 1 is 0.551 bits per heavy atom. The van der Waals surface area contributed by atoms with Crippen LogP contribution in [0.1, 0.15) is 38.5 Å². The van der Waals surface area contributed by atoms with Crippen molar-refractivity contribution >= 4 is 34.6 Å². The molecule has 12 nitrogen and oxygen atoms in total. The van der Waals surface area contributed by atoms with E-state index in [1.54, 1.807) is 0 Å². The topological polar surface area (TPSA) is 82.3 Å². The molecule has 2 aliphatic rings. The van der Waals surface area contributed by atoms with Gasteiger partial charge in [-0.2, -0.15) is 0 Å². The quantitative estimate of drug-likeness (QED) is 0.104. The highest BCUT2D eigenvalue weighted by molar-refractivity contribution is 5.54. The summed E-state index contributed by atoms with van der Waals surface area (Å²) in [6, 6.07) is 16.9. The number of nitrogens with zero attached hydrogens (tertiary/aromatic N) is 12. The first-order chi connectivity index (χ1) is 24.1. The van der Waals surface area contributed by atoms with Crippen molar-refractivity contribution in [1.82, 2.24) is 13.7 Å². The van der Waals surface area contributed by atoms with Gasteiger partial charge in [-0.1, -0.05) is 10.2 Å². The Balaban J connectivity index is 0.871. The highest BCUT2D eigenvalue weighted by Gasteiger charge is 2.18. The lowest BCUT2D eigenvalue weighted by atomic mass is 10.2. The molecule has 12 heteroatoms. The first-order valence-electron chi connectivity index (χ1n) is 17.8. The molecule has 49 heavy (non-hydrogen) atoms. The van der Waals surface area contributed by atoms with Gasteiger partial charge < -0.3 is 9.80 Å². The lowest BCUT2D eigenvalue weighted by Crippen LogP contribution is -2.32. The molecule has 0 saturated carbocycles. The van der Waals surface area contributed by atoms with Gasteiger partial charge in [-0.15, -0.1) is 0 Å². The van der Waals surface area contributed by atoms with E-state index >= 15 is 0 Å². The van der Waals surface area contributed by atoms with E-state index in [4.69, 9.17) is 0 Å². The third-order valence-electron chi connectivity index (χ3n) is 9.61. The average molecular weight is 662 g/mol. The number of benzene rings is 2. The number of anilines is 2. The molecule has 0 spiro atoms. The molecule has 0 N–H and O–H groups in total. The van der Waals surface area contributed by atoms with E-state index in [-0.39, 0.29) is 0 Å². The number of imidazole rings is 3. The zero-order valence-corrected chi connectivity index (χ0v) is 28.9. The largest absolute Gasteiger partial charge is 0.421 e. The first-order valence-corrected chi connectivity index (χ1v) is 17.8. The Kier molecular flexibility index (Phi) is 10.2. The summed E-state index contributed by atoms with van der Waals surface area (Å²) >= 11 is 0. The smallest absolute Gasteiger partial charge is 0.372 e. The van der Waals surface area contributed by atoms with Crippen molar-refractivity contribution in [3.05, 3.63) is 92.0 Å². The van der Waals surface area contributed by atoms with Gasteiger partial charge in [-0.3, -0.25) is 0 Å². The highest BCUT2D eigenvalue weighted by Crippen LogP contribution is 2.25. The molecule has 5 aromatic rings. The summed E-state index contributed by atoms with van der Waals surface area (Å²) in [5, 5.41) is 18.3. The molecule has 2 aromatic carbocycles. The summed E-state index contributed by atoms with van der Waals surface area (Å²) in [6.07, 6.45) is 21.9. The lowest BCUT2D eigenvalue weighted by molar-refractivity contribution is -0.697. The molecule has 254 valence electrons. The van der Waals surface area contributed by atoms with Crippen LogP contribution < -0.4 is 23.5 Å². The molecule has 0 bridgehead atoms. The van der Waals surface area contributed by atoms with Gasteiger partial charge >= 0.3 is 11.9 Å². The molecule has 0 radical (unpaired) electrons. The summed E-state index contributed by atoms with van der Waals surface area (Å²) in [7, 11) is 4.03. The van der Waals surface area contributed by atoms with E-state index in [0.717, 1.165) is 88.5 Å². The minimum atomic E-state index is 0.846. The number of azo groups is 2. The molecular formula is C37H49N12+3. The molecule has 2 fully saturated rings. The van der Waals surface area contributed by atoms with Crippen molar-refractivity contribution in [1.29, 1.82) is 0 Å². The fourth-order valence-electron chi connectivity index (χ4n) is 6.80. The summed E-state index contributed by atoms with van der Waals surface area (Å²) in [4.78, 5) is 4.87. The Labute approximate surface area is 288 Å². The summed E-state index contributed by atoms with van der Waals surface area (Å²) in [6.45, 7) is 8.17. The van der Waals surface area contributed by atoms with Crippen molar-refractivity contribution in [2.75, 3.05) is 36.0 Å². The van der Waals surface area contributed by atoms with Crippen LogP contribution in [-0.4, -0.2) is 39.9 Å². The van der Waals surface area contributed by atoms with Crippen LogP contribution in [0.5, 0.6) is 0 Å². The zero-order chi connectivity index (χ0) is 33.4. The van der Waals surface area contributed by atoms with Crippen molar-refractivity contribution in [2.45, 2.75) is 64.7 Å². The predicted molar refractivity (Wildman–Crippen MR) is 189 cm³/mol. The third-order valence-corrected chi connectivity index (χ3v) is 9.61. The van der Waals surface area contributed by atoms with Crippen LogP contribution in [-0.2, 0) is 40.3 Å². The fourth-order valence-corrected chi connectivity index (χ4v) is 6.80. The van der Waals surface area contributed by atoms with Gasteiger partial charge in [-0.05, 0) is 74.2 Å². The molecule has 0 unspecified atom stereocenters. The molecule has 3 aromatic heterocycles. The van der Waals surface area contributed by atoms with Gasteiger partial charge in [0.2, 0.25) is 6.33 Å². The lowest BCUT2D eigenvalue weighted by Gasteiger charge is -2.16. The first kappa shape index (κ1) is 32.4. The summed E-state index contributed by atoms with van der Waals surface area (Å²) in [5.41, 5.74) is 4.29. The Morgan fingerprint density at radius 2 is 1.04 bits per heavy atom. The Bertz CT molecular complexity index is 1720. The SMILES string of the molecule is C[n+]1ccn(CCCn2cc[n+](CCCn3cc[n+](C)c3N=Nc3ccc(N4CCCC4)cc3)c2)c1N=Nc1ccc(N2CCCC2)cc1. The number of hydrogen-bond acceptors (Lipinski definition) is 6. The second-order valence-corrected chi connectivity index (χ2v) is 13.2. The number of aryl methyl sites for hydroxylation is 6. The van der Waals surface area contributed by atoms with Gasteiger partial charge in [-0.25, -0.2) is 27.4 Å². The maximum Gasteiger partial charge on any atom is 0.421 e. The molecule has 0 atom stereocenters. The van der Waals surface area contributed by atoms with Gasteiger partial charge in [0, 0.05) is 60.6 Å². The highest BCUT2D eigenvalue weighted by atomic mass is 15.3. The van der Waals surface area contributed by atoms with E-state index in [1.165, 1.54) is 37.1 Å². The fraction of sp³-hybridized carbons (Fsp3) is 0.432. The predicted octanol–water partition coefficient (Wildman–Crippen LogP) is 6.24. The molecule has 5 heterocycles. The maximum absolute atomic E-state index is 4.61. The van der Waals surface area contributed by atoms with Crippen LogP contribution in [0.2, 0.25) is 0 Å². The van der Waals surface area contributed by atoms with Crippen molar-refractivity contribution in [3.63, 3.8) is 0 Å². The second-order valence-electron chi connectivity index (χ2n) is 13.2. The minimum absolute atomic E-state index is 0.846. The number of aromatic nitrogens is 6. The number of hydrogen-bond donors (Lipinski definition) is 0. The second kappa shape index (κ2) is 15.4. The maximum atomic E-state index is 4.61. The summed E-state index contributed by atoms with van der Waals surface area (Å²) in [5.74, 6) is 1.69. The summed E-state index contributed by atoms with van der Waals surface area (Å²) < 4.78 is 12.9. The van der Waals surface area contributed by atoms with Crippen LogP contribution in [0.4, 0.5) is 34.6 Å². The van der Waals surface area contributed by atoms with Gasteiger partial charge in [0.15, 0.2) is 0 Å². The standard InChI is InChI=1S/C37H49N12/c1-42-25-29-48(36(42)40-38-32-9-13-34(14-10-32)46-19-3-4-20-46)23-7-17-44-27-28-45(31-44)18-8-24-49-30-26-43(2)37(49)41-39-33-11-15-35(16-12-33)47-21-5-6-22-47/h9-16,25-31H,3-8,17-24H2,1-2H3/q+3. The van der Waals surface area contributed by atoms with Crippen LogP contribution in [0.3, 0.4) is 0 Å². The van der Waals surface area contributed by atoms with E-state index in [9.17, 15) is 0 Å².